The lowest BCUT2D eigenvalue weighted by Crippen LogP contribution is -2.28. The van der Waals surface area contributed by atoms with E-state index in [9.17, 15) is 9.90 Å². The van der Waals surface area contributed by atoms with Gasteiger partial charge in [0.25, 0.3) is 0 Å². The van der Waals surface area contributed by atoms with Gasteiger partial charge in [-0.05, 0) is 6.07 Å². The monoisotopic (exact) mass is 224 g/mol. The van der Waals surface area contributed by atoms with Crippen molar-refractivity contribution >= 4 is 5.91 Å². The number of aromatic hydroxyl groups is 1. The van der Waals surface area contributed by atoms with Gasteiger partial charge in [0.15, 0.2) is 11.5 Å². The first-order chi connectivity index (χ1) is 7.66. The Labute approximate surface area is 92.0 Å². The molecule has 0 atom stereocenters. The Hall–Kier alpha value is -1.95. The molecule has 0 radical (unpaired) electrons. The highest BCUT2D eigenvalue weighted by molar-refractivity contribution is 5.75. The van der Waals surface area contributed by atoms with Crippen molar-refractivity contribution in [2.75, 3.05) is 13.3 Å². The molecule has 1 aromatic carbocycles. The largest absolute Gasteiger partial charge is 0.507 e. The molecule has 4 N–H and O–H groups in total. The zero-order valence-corrected chi connectivity index (χ0v) is 8.53. The van der Waals surface area contributed by atoms with E-state index in [1.54, 1.807) is 6.07 Å². The minimum absolute atomic E-state index is 0.0634. The Balaban J connectivity index is 2.06. The van der Waals surface area contributed by atoms with Crippen LogP contribution >= 0.6 is 0 Å². The number of primary amides is 1. The molecule has 0 saturated heterocycles. The first kappa shape index (κ1) is 10.6. The minimum atomic E-state index is -0.444. The summed E-state index contributed by atoms with van der Waals surface area (Å²) in [5, 5.41) is 12.5. The van der Waals surface area contributed by atoms with Crippen LogP contribution in [-0.2, 0) is 11.3 Å². The van der Waals surface area contributed by atoms with E-state index < -0.39 is 5.91 Å². The van der Waals surface area contributed by atoms with E-state index in [4.69, 9.17) is 15.2 Å². The molecule has 1 aliphatic heterocycles. The molecule has 0 fully saturated rings. The van der Waals surface area contributed by atoms with Crippen molar-refractivity contribution in [3.8, 4) is 17.2 Å². The molecule has 1 heterocycles. The fraction of sp³-hybridized carbons (Fsp3) is 0.300. The third-order valence-corrected chi connectivity index (χ3v) is 2.19. The number of carbonyl (C=O) groups excluding carboxylic acids is 1. The summed E-state index contributed by atoms with van der Waals surface area (Å²) >= 11 is 0. The zero-order chi connectivity index (χ0) is 11.5. The number of nitrogens with two attached hydrogens (primary N) is 1. The number of nitrogens with one attached hydrogen (secondary N) is 1. The van der Waals surface area contributed by atoms with E-state index in [0.717, 1.165) is 0 Å². The predicted octanol–water partition coefficient (Wildman–Crippen LogP) is -0.304. The van der Waals surface area contributed by atoms with Gasteiger partial charge in [-0.1, -0.05) is 0 Å². The van der Waals surface area contributed by atoms with E-state index in [0.29, 0.717) is 23.6 Å². The van der Waals surface area contributed by atoms with Crippen molar-refractivity contribution in [3.63, 3.8) is 0 Å². The molecule has 0 bridgehead atoms. The van der Waals surface area contributed by atoms with Crippen molar-refractivity contribution in [2.45, 2.75) is 6.54 Å². The van der Waals surface area contributed by atoms with E-state index in [1.165, 1.54) is 6.07 Å². The number of hydrogen-bond donors (Lipinski definition) is 3. The molecule has 1 aromatic rings. The Morgan fingerprint density at radius 3 is 2.81 bits per heavy atom. The molecule has 6 nitrogen and oxygen atoms in total. The molecule has 86 valence electrons. The van der Waals surface area contributed by atoms with Gasteiger partial charge in [0.2, 0.25) is 12.7 Å². The highest BCUT2D eigenvalue weighted by Gasteiger charge is 2.16. The van der Waals surface area contributed by atoms with Crippen LogP contribution in [0.5, 0.6) is 17.2 Å². The number of hydrogen-bond acceptors (Lipinski definition) is 5. The van der Waals surface area contributed by atoms with Gasteiger partial charge >= 0.3 is 0 Å². The molecular formula is C10H12N2O4. The SMILES string of the molecule is NC(=O)CNCc1cc2c(cc1O)OCO2. The highest BCUT2D eigenvalue weighted by atomic mass is 16.7. The minimum Gasteiger partial charge on any atom is -0.507 e. The summed E-state index contributed by atoms with van der Waals surface area (Å²) in [5.74, 6) is 0.770. The molecular weight excluding hydrogens is 212 g/mol. The van der Waals surface area contributed by atoms with Crippen molar-refractivity contribution in [1.82, 2.24) is 5.32 Å². The van der Waals surface area contributed by atoms with Crippen molar-refractivity contribution in [1.29, 1.82) is 0 Å². The summed E-state index contributed by atoms with van der Waals surface area (Å²) in [7, 11) is 0. The Bertz CT molecular complexity index is 420. The summed E-state index contributed by atoms with van der Waals surface area (Å²) in [5.41, 5.74) is 5.61. The predicted molar refractivity (Wildman–Crippen MR) is 55.1 cm³/mol. The molecule has 0 spiro atoms. The smallest absolute Gasteiger partial charge is 0.231 e. The fourth-order valence-corrected chi connectivity index (χ4v) is 1.44. The molecule has 1 amide bonds. The number of rotatable bonds is 4. The Morgan fingerprint density at radius 1 is 1.44 bits per heavy atom. The molecule has 16 heavy (non-hydrogen) atoms. The third kappa shape index (κ3) is 2.17. The van der Waals surface area contributed by atoms with Crippen LogP contribution in [0.25, 0.3) is 0 Å². The second-order valence-corrected chi connectivity index (χ2v) is 3.40. The Morgan fingerprint density at radius 2 is 2.12 bits per heavy atom. The van der Waals surface area contributed by atoms with Gasteiger partial charge in [-0.3, -0.25) is 4.79 Å². The molecule has 0 aromatic heterocycles. The summed E-state index contributed by atoms with van der Waals surface area (Å²) < 4.78 is 10.3. The molecule has 2 rings (SSSR count). The van der Waals surface area contributed by atoms with Crippen LogP contribution < -0.4 is 20.5 Å². The molecule has 6 heteroatoms. The van der Waals surface area contributed by atoms with Crippen LogP contribution in [0.3, 0.4) is 0 Å². The van der Waals surface area contributed by atoms with Gasteiger partial charge in [0.05, 0.1) is 6.54 Å². The molecule has 0 unspecified atom stereocenters. The summed E-state index contributed by atoms with van der Waals surface area (Å²) in [6, 6.07) is 3.16. The average Bonchev–Trinajstić information content (AvgIpc) is 2.64. The number of phenols is 1. The first-order valence-electron chi connectivity index (χ1n) is 4.77. The second-order valence-electron chi connectivity index (χ2n) is 3.40. The third-order valence-electron chi connectivity index (χ3n) is 2.19. The second kappa shape index (κ2) is 4.28. The number of amides is 1. The van der Waals surface area contributed by atoms with Crippen LogP contribution in [0.4, 0.5) is 0 Å². The maximum atomic E-state index is 10.5. The van der Waals surface area contributed by atoms with Crippen LogP contribution in [0.1, 0.15) is 5.56 Å². The van der Waals surface area contributed by atoms with Gasteiger partial charge in [-0.25, -0.2) is 0 Å². The van der Waals surface area contributed by atoms with E-state index in [-0.39, 0.29) is 19.1 Å². The van der Waals surface area contributed by atoms with Gasteiger partial charge in [-0.2, -0.15) is 0 Å². The standard InChI is InChI=1S/C10H12N2O4/c11-10(14)4-12-3-6-1-8-9(2-7(6)13)16-5-15-8/h1-2,12-13H,3-5H2,(H2,11,14). The normalized spacial score (nSPS) is 12.8. The summed E-state index contributed by atoms with van der Waals surface area (Å²) in [6.07, 6.45) is 0. The van der Waals surface area contributed by atoms with Crippen molar-refractivity contribution in [2.24, 2.45) is 5.73 Å². The summed E-state index contributed by atoms with van der Waals surface area (Å²) in [6.45, 7) is 0.562. The Kier molecular flexibility index (Phi) is 2.82. The maximum absolute atomic E-state index is 10.5. The maximum Gasteiger partial charge on any atom is 0.231 e. The van der Waals surface area contributed by atoms with Crippen LogP contribution in [0.15, 0.2) is 12.1 Å². The number of ether oxygens (including phenoxy) is 2. The van der Waals surface area contributed by atoms with Crippen LogP contribution in [0, 0.1) is 0 Å². The lowest BCUT2D eigenvalue weighted by molar-refractivity contribution is -0.117. The van der Waals surface area contributed by atoms with Gasteiger partial charge < -0.3 is 25.6 Å². The van der Waals surface area contributed by atoms with E-state index in [1.807, 2.05) is 0 Å². The van der Waals surface area contributed by atoms with E-state index >= 15 is 0 Å². The zero-order valence-electron chi connectivity index (χ0n) is 8.53. The van der Waals surface area contributed by atoms with Gasteiger partial charge in [0.1, 0.15) is 5.75 Å². The first-order valence-corrected chi connectivity index (χ1v) is 4.77. The number of carbonyl (C=O) groups is 1. The van der Waals surface area contributed by atoms with Crippen molar-refractivity contribution in [3.05, 3.63) is 17.7 Å². The van der Waals surface area contributed by atoms with Gasteiger partial charge in [-0.15, -0.1) is 0 Å². The topological polar surface area (TPSA) is 93.8 Å². The highest BCUT2D eigenvalue weighted by Crippen LogP contribution is 2.37. The number of benzene rings is 1. The fourth-order valence-electron chi connectivity index (χ4n) is 1.44. The average molecular weight is 224 g/mol. The lowest BCUT2D eigenvalue weighted by atomic mass is 10.1. The van der Waals surface area contributed by atoms with Gasteiger partial charge in [0, 0.05) is 18.2 Å². The van der Waals surface area contributed by atoms with Crippen molar-refractivity contribution < 1.29 is 19.4 Å². The molecule has 1 aliphatic rings. The van der Waals surface area contributed by atoms with Crippen LogP contribution in [0.2, 0.25) is 0 Å². The van der Waals surface area contributed by atoms with E-state index in [2.05, 4.69) is 5.32 Å². The van der Waals surface area contributed by atoms with Crippen LogP contribution in [-0.4, -0.2) is 24.4 Å². The number of phenolic OH excluding ortho intramolecular Hbond substituents is 1. The summed E-state index contributed by atoms with van der Waals surface area (Å²) in [4.78, 5) is 10.5. The molecule has 0 saturated carbocycles. The molecule has 0 aliphatic carbocycles. The quantitative estimate of drug-likeness (QED) is 0.652. The lowest BCUT2D eigenvalue weighted by Gasteiger charge is -2.06. The number of fused-ring (bicyclic) bond motifs is 1.